The van der Waals surface area contributed by atoms with E-state index in [-0.39, 0.29) is 5.60 Å². The third-order valence-corrected chi connectivity index (χ3v) is 2.40. The number of nitrogens with zero attached hydrogens (tertiary/aromatic N) is 1. The lowest BCUT2D eigenvalue weighted by Crippen LogP contribution is -2.48. The number of hydrogen-bond acceptors (Lipinski definition) is 4. The highest BCUT2D eigenvalue weighted by Gasteiger charge is 2.32. The summed E-state index contributed by atoms with van der Waals surface area (Å²) >= 11 is 0. The van der Waals surface area contributed by atoms with Crippen molar-refractivity contribution < 1.29 is 9.47 Å². The zero-order chi connectivity index (χ0) is 11.9. The first-order chi connectivity index (χ1) is 6.89. The molecule has 0 bridgehead atoms. The summed E-state index contributed by atoms with van der Waals surface area (Å²) < 4.78 is 10.3. The highest BCUT2D eigenvalue weighted by molar-refractivity contribution is 5.06. The first-order valence-corrected chi connectivity index (χ1v) is 5.09. The van der Waals surface area contributed by atoms with E-state index >= 15 is 0 Å². The molecule has 0 fully saturated rings. The van der Waals surface area contributed by atoms with Crippen molar-refractivity contribution in [2.24, 2.45) is 0 Å². The van der Waals surface area contributed by atoms with Gasteiger partial charge in [-0.15, -0.1) is 0 Å². The molecular weight excluding hydrogens is 192 g/mol. The van der Waals surface area contributed by atoms with Crippen molar-refractivity contribution in [2.75, 3.05) is 27.4 Å². The van der Waals surface area contributed by atoms with Crippen molar-refractivity contribution in [1.29, 1.82) is 5.26 Å². The fourth-order valence-corrected chi connectivity index (χ4v) is 1.49. The minimum atomic E-state index is -0.571. The molecule has 0 aliphatic heterocycles. The Balaban J connectivity index is 4.26. The van der Waals surface area contributed by atoms with Crippen molar-refractivity contribution in [3.05, 3.63) is 0 Å². The van der Waals surface area contributed by atoms with Gasteiger partial charge in [-0.1, -0.05) is 0 Å². The van der Waals surface area contributed by atoms with Gasteiger partial charge in [0.15, 0.2) is 0 Å². The van der Waals surface area contributed by atoms with Gasteiger partial charge < -0.3 is 9.47 Å². The molecule has 0 aliphatic carbocycles. The lowest BCUT2D eigenvalue weighted by atomic mass is 9.89. The minimum Gasteiger partial charge on any atom is -0.383 e. The van der Waals surface area contributed by atoms with Gasteiger partial charge in [0.25, 0.3) is 0 Å². The predicted octanol–water partition coefficient (Wildman–Crippen LogP) is 1.32. The van der Waals surface area contributed by atoms with Crippen LogP contribution in [-0.4, -0.2) is 38.5 Å². The van der Waals surface area contributed by atoms with Gasteiger partial charge in [-0.25, -0.2) is 0 Å². The fourth-order valence-electron chi connectivity index (χ4n) is 1.49. The number of ether oxygens (including phenoxy) is 2. The second kappa shape index (κ2) is 6.06. The number of hydrogen-bond donors (Lipinski definition) is 1. The Morgan fingerprint density at radius 3 is 2.27 bits per heavy atom. The van der Waals surface area contributed by atoms with E-state index in [1.54, 1.807) is 14.2 Å². The predicted molar refractivity (Wildman–Crippen MR) is 59.6 cm³/mol. The standard InChI is InChI=1S/C11H22N2O2/c1-10(2,15-5)8-11(3,9-12)13-6-7-14-4/h13H,6-8H2,1-5H3. The lowest BCUT2D eigenvalue weighted by Gasteiger charge is -2.32. The largest absolute Gasteiger partial charge is 0.383 e. The molecule has 0 rings (SSSR count). The SMILES string of the molecule is COCCNC(C)(C#N)CC(C)(C)OC. The molecule has 4 heteroatoms. The second-order valence-electron chi connectivity index (χ2n) is 4.50. The zero-order valence-corrected chi connectivity index (χ0v) is 10.4. The van der Waals surface area contributed by atoms with E-state index in [2.05, 4.69) is 11.4 Å². The third kappa shape index (κ3) is 5.73. The third-order valence-electron chi connectivity index (χ3n) is 2.40. The van der Waals surface area contributed by atoms with Gasteiger partial charge in [-0.3, -0.25) is 5.32 Å². The summed E-state index contributed by atoms with van der Waals surface area (Å²) in [6, 6.07) is 2.28. The number of methoxy groups -OCH3 is 2. The number of nitriles is 1. The van der Waals surface area contributed by atoms with E-state index in [9.17, 15) is 0 Å². The molecule has 1 unspecified atom stereocenters. The summed E-state index contributed by atoms with van der Waals surface area (Å²) in [5, 5.41) is 12.3. The molecule has 88 valence electrons. The van der Waals surface area contributed by atoms with Gasteiger partial charge in [0, 0.05) is 27.2 Å². The Labute approximate surface area is 92.6 Å². The molecular formula is C11H22N2O2. The monoisotopic (exact) mass is 214 g/mol. The van der Waals surface area contributed by atoms with Crippen molar-refractivity contribution in [3.63, 3.8) is 0 Å². The molecule has 0 aromatic carbocycles. The number of nitrogens with one attached hydrogen (secondary N) is 1. The molecule has 0 radical (unpaired) electrons. The van der Waals surface area contributed by atoms with E-state index in [1.807, 2.05) is 20.8 Å². The quantitative estimate of drug-likeness (QED) is 0.649. The first kappa shape index (κ1) is 14.4. The van der Waals surface area contributed by atoms with Gasteiger partial charge >= 0.3 is 0 Å². The summed E-state index contributed by atoms with van der Waals surface area (Å²) in [6.07, 6.45) is 0.636. The maximum atomic E-state index is 9.13. The maximum absolute atomic E-state index is 9.13. The molecule has 15 heavy (non-hydrogen) atoms. The molecule has 0 spiro atoms. The van der Waals surface area contributed by atoms with Crippen LogP contribution in [0.15, 0.2) is 0 Å². The van der Waals surface area contributed by atoms with Gasteiger partial charge in [0.05, 0.1) is 18.3 Å². The summed E-state index contributed by atoms with van der Waals surface area (Å²) in [5.74, 6) is 0. The molecule has 0 aromatic heterocycles. The van der Waals surface area contributed by atoms with Gasteiger partial charge in [0.1, 0.15) is 5.54 Å². The summed E-state index contributed by atoms with van der Waals surface area (Å²) in [7, 11) is 3.30. The van der Waals surface area contributed by atoms with Crippen LogP contribution < -0.4 is 5.32 Å². The Kier molecular flexibility index (Phi) is 5.81. The average Bonchev–Trinajstić information content (AvgIpc) is 2.18. The molecule has 0 aliphatic rings. The van der Waals surface area contributed by atoms with Crippen LogP contribution in [0.2, 0.25) is 0 Å². The molecule has 0 saturated carbocycles. The molecule has 1 atom stereocenters. The van der Waals surface area contributed by atoms with Gasteiger partial charge in [0.2, 0.25) is 0 Å². The van der Waals surface area contributed by atoms with Gasteiger partial charge in [-0.05, 0) is 20.8 Å². The topological polar surface area (TPSA) is 54.3 Å². The van der Waals surface area contributed by atoms with Crippen LogP contribution in [0.4, 0.5) is 0 Å². The van der Waals surface area contributed by atoms with Crippen molar-refractivity contribution in [2.45, 2.75) is 38.3 Å². The van der Waals surface area contributed by atoms with E-state index in [0.29, 0.717) is 19.6 Å². The van der Waals surface area contributed by atoms with Crippen LogP contribution >= 0.6 is 0 Å². The molecule has 0 saturated heterocycles. The summed E-state index contributed by atoms with van der Waals surface area (Å²) in [5.41, 5.74) is -0.872. The Morgan fingerprint density at radius 2 is 1.87 bits per heavy atom. The van der Waals surface area contributed by atoms with Crippen LogP contribution in [0.5, 0.6) is 0 Å². The zero-order valence-electron chi connectivity index (χ0n) is 10.4. The van der Waals surface area contributed by atoms with Crippen LogP contribution in [0.25, 0.3) is 0 Å². The van der Waals surface area contributed by atoms with E-state index < -0.39 is 5.54 Å². The Hall–Kier alpha value is -0.630. The molecule has 0 heterocycles. The van der Waals surface area contributed by atoms with Crippen molar-refractivity contribution in [3.8, 4) is 6.07 Å². The molecule has 4 nitrogen and oxygen atoms in total. The summed E-state index contributed by atoms with van der Waals surface area (Å²) in [6.45, 7) is 7.09. The van der Waals surface area contributed by atoms with Crippen LogP contribution in [0.3, 0.4) is 0 Å². The Bertz CT molecular complexity index is 223. The smallest absolute Gasteiger partial charge is 0.106 e. The first-order valence-electron chi connectivity index (χ1n) is 5.09. The van der Waals surface area contributed by atoms with E-state index in [0.717, 1.165) is 0 Å². The minimum absolute atomic E-state index is 0.301. The summed E-state index contributed by atoms with van der Waals surface area (Å²) in [4.78, 5) is 0. The highest BCUT2D eigenvalue weighted by atomic mass is 16.5. The maximum Gasteiger partial charge on any atom is 0.106 e. The lowest BCUT2D eigenvalue weighted by molar-refractivity contribution is 0.000551. The van der Waals surface area contributed by atoms with Crippen LogP contribution in [0, 0.1) is 11.3 Å². The van der Waals surface area contributed by atoms with Crippen LogP contribution in [0.1, 0.15) is 27.2 Å². The average molecular weight is 214 g/mol. The van der Waals surface area contributed by atoms with E-state index in [1.165, 1.54) is 0 Å². The normalized spacial score (nSPS) is 15.7. The molecule has 1 N–H and O–H groups in total. The fraction of sp³-hybridized carbons (Fsp3) is 0.909. The van der Waals surface area contributed by atoms with Gasteiger partial charge in [-0.2, -0.15) is 5.26 Å². The number of rotatable bonds is 7. The van der Waals surface area contributed by atoms with E-state index in [4.69, 9.17) is 14.7 Å². The second-order valence-corrected chi connectivity index (χ2v) is 4.50. The Morgan fingerprint density at radius 1 is 1.27 bits per heavy atom. The van der Waals surface area contributed by atoms with Crippen molar-refractivity contribution in [1.82, 2.24) is 5.32 Å². The molecule has 0 aromatic rings. The molecule has 0 amide bonds. The highest BCUT2D eigenvalue weighted by Crippen LogP contribution is 2.22. The van der Waals surface area contributed by atoms with Crippen molar-refractivity contribution >= 4 is 0 Å². The van der Waals surface area contributed by atoms with Crippen LogP contribution in [-0.2, 0) is 9.47 Å².